The number of likely N-dealkylation sites (tertiary alicyclic amines) is 1. The fraction of sp³-hybridized carbons (Fsp3) is 0.200. The van der Waals surface area contributed by atoms with Crippen molar-refractivity contribution in [2.45, 2.75) is 25.6 Å². The third-order valence-electron chi connectivity index (χ3n) is 8.28. The number of nitrogens with two attached hydrogens (primary N) is 1. The number of nitrogens with zero attached hydrogens (tertiary/aromatic N) is 3. The van der Waals surface area contributed by atoms with Gasteiger partial charge < -0.3 is 31.1 Å². The number of urea groups is 1. The van der Waals surface area contributed by atoms with Crippen LogP contribution in [0.2, 0.25) is 0 Å². The van der Waals surface area contributed by atoms with Gasteiger partial charge in [0.05, 0.1) is 17.9 Å². The number of phenols is 2. The van der Waals surface area contributed by atoms with Crippen molar-refractivity contribution in [3.05, 3.63) is 114 Å². The molecule has 5 N–H and O–H groups in total. The number of phenolic OH excluding ortho intramolecular Hbond substituents is 2. The predicted molar refractivity (Wildman–Crippen MR) is 171 cm³/mol. The topological polar surface area (TPSA) is 149 Å². The first kappa shape index (κ1) is 29.4. The van der Waals surface area contributed by atoms with Crippen molar-refractivity contribution in [2.24, 2.45) is 16.6 Å². The van der Waals surface area contributed by atoms with Crippen molar-refractivity contribution in [1.29, 1.82) is 0 Å². The Labute approximate surface area is 260 Å². The fourth-order valence-corrected chi connectivity index (χ4v) is 5.81. The highest BCUT2D eigenvalue weighted by atomic mass is 16.3. The van der Waals surface area contributed by atoms with E-state index in [1.165, 1.54) is 23.1 Å². The number of anilines is 1. The molecule has 0 spiro atoms. The summed E-state index contributed by atoms with van der Waals surface area (Å²) in [5, 5.41) is 23.3. The Kier molecular flexibility index (Phi) is 8.20. The van der Waals surface area contributed by atoms with Crippen LogP contribution in [-0.4, -0.2) is 57.9 Å². The summed E-state index contributed by atoms with van der Waals surface area (Å²) in [5.41, 5.74) is 10.4. The molecular formula is C35H33N5O5. The molecule has 10 nitrogen and oxygen atoms in total. The summed E-state index contributed by atoms with van der Waals surface area (Å²) < 4.78 is 0. The minimum Gasteiger partial charge on any atom is -0.508 e. The second-order valence-electron chi connectivity index (χ2n) is 11.2. The zero-order valence-corrected chi connectivity index (χ0v) is 24.5. The molecule has 228 valence electrons. The van der Waals surface area contributed by atoms with Crippen molar-refractivity contribution in [3.63, 3.8) is 0 Å². The molecule has 10 heteroatoms. The molecule has 0 bridgehead atoms. The highest BCUT2D eigenvalue weighted by molar-refractivity contribution is 6.20. The van der Waals surface area contributed by atoms with E-state index in [9.17, 15) is 24.6 Å². The lowest BCUT2D eigenvalue weighted by molar-refractivity contribution is -0.130. The van der Waals surface area contributed by atoms with E-state index in [1.54, 1.807) is 29.2 Å². The van der Waals surface area contributed by atoms with Gasteiger partial charge in [-0.2, -0.15) is 0 Å². The molecule has 0 aromatic heterocycles. The second kappa shape index (κ2) is 12.5. The summed E-state index contributed by atoms with van der Waals surface area (Å²) in [7, 11) is 0. The SMILES string of the molecule is NC(=O)N1CCC(C(=O)NC2N=C(c3ccc(O)cc3)c3cc(O)ccc3N(Cc3ccc(-c4ccccc4)cc3)C2=O)CC1. The monoisotopic (exact) mass is 603 g/mol. The molecule has 45 heavy (non-hydrogen) atoms. The quantitative estimate of drug-likeness (QED) is 0.258. The van der Waals surface area contributed by atoms with Crippen LogP contribution in [0.15, 0.2) is 102 Å². The van der Waals surface area contributed by atoms with Gasteiger partial charge in [0.1, 0.15) is 11.5 Å². The molecule has 4 aromatic rings. The number of nitrogens with one attached hydrogen (secondary N) is 1. The number of piperidine rings is 1. The molecule has 4 aromatic carbocycles. The van der Waals surface area contributed by atoms with Gasteiger partial charge in [0.25, 0.3) is 5.91 Å². The van der Waals surface area contributed by atoms with Gasteiger partial charge in [-0.15, -0.1) is 0 Å². The summed E-state index contributed by atoms with van der Waals surface area (Å²) in [4.78, 5) is 47.2. The largest absolute Gasteiger partial charge is 0.508 e. The number of carbonyl (C=O) groups excluding carboxylic acids is 3. The van der Waals surface area contributed by atoms with Crippen LogP contribution < -0.4 is 16.0 Å². The van der Waals surface area contributed by atoms with Gasteiger partial charge in [0.15, 0.2) is 0 Å². The number of primary amides is 1. The van der Waals surface area contributed by atoms with Gasteiger partial charge in [-0.1, -0.05) is 54.6 Å². The van der Waals surface area contributed by atoms with Crippen LogP contribution in [0.1, 0.15) is 29.5 Å². The van der Waals surface area contributed by atoms with Crippen molar-refractivity contribution < 1.29 is 24.6 Å². The number of benzodiazepines with no additional fused rings is 1. The highest BCUT2D eigenvalue weighted by Gasteiger charge is 2.35. The Morgan fingerprint density at radius 1 is 0.822 bits per heavy atom. The number of aliphatic imine (C=N–C) groups is 1. The lowest BCUT2D eigenvalue weighted by Crippen LogP contribution is -2.51. The number of fused-ring (bicyclic) bond motifs is 1. The van der Waals surface area contributed by atoms with Crippen molar-refractivity contribution in [3.8, 4) is 22.6 Å². The van der Waals surface area contributed by atoms with Gasteiger partial charge in [-0.05, 0) is 72.0 Å². The maximum absolute atomic E-state index is 14.3. The number of rotatable bonds is 6. The average Bonchev–Trinajstić information content (AvgIpc) is 3.16. The Bertz CT molecular complexity index is 1750. The van der Waals surface area contributed by atoms with Crippen molar-refractivity contribution in [1.82, 2.24) is 10.2 Å². The number of amides is 4. The van der Waals surface area contributed by atoms with Gasteiger partial charge in [-0.3, -0.25) is 9.59 Å². The molecule has 1 atom stereocenters. The molecule has 0 radical (unpaired) electrons. The molecule has 0 aliphatic carbocycles. The van der Waals surface area contributed by atoms with E-state index >= 15 is 0 Å². The zero-order valence-electron chi connectivity index (χ0n) is 24.5. The van der Waals surface area contributed by atoms with Crippen LogP contribution >= 0.6 is 0 Å². The van der Waals surface area contributed by atoms with Crippen LogP contribution in [0.5, 0.6) is 11.5 Å². The molecule has 2 heterocycles. The number of carbonyl (C=O) groups is 3. The molecule has 1 unspecified atom stereocenters. The average molecular weight is 604 g/mol. The number of benzene rings is 4. The lowest BCUT2D eigenvalue weighted by Gasteiger charge is -2.31. The van der Waals surface area contributed by atoms with E-state index in [0.29, 0.717) is 48.5 Å². The highest BCUT2D eigenvalue weighted by Crippen LogP contribution is 2.33. The normalized spacial score (nSPS) is 16.8. The minimum atomic E-state index is -1.27. The molecule has 2 aliphatic heterocycles. The smallest absolute Gasteiger partial charge is 0.314 e. The molecule has 6 rings (SSSR count). The Morgan fingerprint density at radius 3 is 2.11 bits per heavy atom. The van der Waals surface area contributed by atoms with E-state index in [2.05, 4.69) is 5.32 Å². The molecular weight excluding hydrogens is 570 g/mol. The molecule has 1 saturated heterocycles. The minimum absolute atomic E-state index is 0.0106. The van der Waals surface area contributed by atoms with E-state index in [-0.39, 0.29) is 24.0 Å². The number of hydrogen-bond donors (Lipinski definition) is 4. The maximum Gasteiger partial charge on any atom is 0.314 e. The molecule has 4 amide bonds. The maximum atomic E-state index is 14.3. The first-order valence-corrected chi connectivity index (χ1v) is 14.8. The number of aromatic hydroxyl groups is 2. The lowest BCUT2D eigenvalue weighted by atomic mass is 9.96. The summed E-state index contributed by atoms with van der Waals surface area (Å²) in [6, 6.07) is 28.5. The third-order valence-corrected chi connectivity index (χ3v) is 8.28. The Hall–Kier alpha value is -5.64. The van der Waals surface area contributed by atoms with Gasteiger partial charge >= 0.3 is 6.03 Å². The van der Waals surface area contributed by atoms with Crippen LogP contribution in [0.3, 0.4) is 0 Å². The molecule has 0 saturated carbocycles. The number of hydrogen-bond acceptors (Lipinski definition) is 6. The standard InChI is InChI=1S/C35H33N5O5/c36-35(45)39-18-16-26(17-19-39)33(43)38-32-34(44)40(21-22-6-8-24(9-7-22)23-4-2-1-3-5-23)30-15-14-28(42)20-29(30)31(37-32)25-10-12-27(41)13-11-25/h1-15,20,26,32,41-42H,16-19,21H2,(H2,36,45)(H,38,43). The van der Waals surface area contributed by atoms with Crippen molar-refractivity contribution in [2.75, 3.05) is 18.0 Å². The van der Waals surface area contributed by atoms with E-state index in [4.69, 9.17) is 10.7 Å². The first-order chi connectivity index (χ1) is 21.8. The first-order valence-electron chi connectivity index (χ1n) is 14.8. The third kappa shape index (κ3) is 6.35. The van der Waals surface area contributed by atoms with Crippen LogP contribution in [0.4, 0.5) is 10.5 Å². The van der Waals surface area contributed by atoms with E-state index < -0.39 is 24.0 Å². The van der Waals surface area contributed by atoms with Crippen LogP contribution in [0, 0.1) is 5.92 Å². The van der Waals surface area contributed by atoms with E-state index in [0.717, 1.165) is 16.7 Å². The molecule has 1 fully saturated rings. The van der Waals surface area contributed by atoms with Crippen LogP contribution in [0.25, 0.3) is 11.1 Å². The summed E-state index contributed by atoms with van der Waals surface area (Å²) in [6.07, 6.45) is -0.445. The Balaban J connectivity index is 1.36. The fourth-order valence-electron chi connectivity index (χ4n) is 5.81. The van der Waals surface area contributed by atoms with Crippen molar-refractivity contribution >= 4 is 29.2 Å². The van der Waals surface area contributed by atoms with Gasteiger partial charge in [0, 0.05) is 30.1 Å². The molecule has 2 aliphatic rings. The van der Waals surface area contributed by atoms with E-state index in [1.807, 2.05) is 54.6 Å². The zero-order chi connectivity index (χ0) is 31.5. The summed E-state index contributed by atoms with van der Waals surface area (Å²) in [6.45, 7) is 0.890. The summed E-state index contributed by atoms with van der Waals surface area (Å²) >= 11 is 0. The Morgan fingerprint density at radius 2 is 1.44 bits per heavy atom. The summed E-state index contributed by atoms with van der Waals surface area (Å²) in [5.74, 6) is -1.15. The van der Waals surface area contributed by atoms with Gasteiger partial charge in [0.2, 0.25) is 12.1 Å². The second-order valence-corrected chi connectivity index (χ2v) is 11.2. The van der Waals surface area contributed by atoms with Crippen LogP contribution in [-0.2, 0) is 16.1 Å². The predicted octanol–water partition coefficient (Wildman–Crippen LogP) is 4.38. The van der Waals surface area contributed by atoms with Gasteiger partial charge in [-0.25, -0.2) is 9.79 Å².